The van der Waals surface area contributed by atoms with Gasteiger partial charge in [0.15, 0.2) is 0 Å². The molecule has 0 radical (unpaired) electrons. The Morgan fingerprint density at radius 2 is 1.83 bits per heavy atom. The van der Waals surface area contributed by atoms with Gasteiger partial charge >= 0.3 is 0 Å². The van der Waals surface area contributed by atoms with Gasteiger partial charge in [-0.3, -0.25) is 9.59 Å². The Morgan fingerprint density at radius 1 is 1.08 bits per heavy atom. The van der Waals surface area contributed by atoms with Crippen LogP contribution in [0.15, 0.2) is 48.5 Å². The first-order valence-electron chi connectivity index (χ1n) is 7.71. The van der Waals surface area contributed by atoms with E-state index in [0.29, 0.717) is 37.2 Å². The summed E-state index contributed by atoms with van der Waals surface area (Å²) in [5.41, 5.74) is 7.22. The van der Waals surface area contributed by atoms with Gasteiger partial charge < -0.3 is 16.4 Å². The fourth-order valence-corrected chi connectivity index (χ4v) is 2.12. The highest BCUT2D eigenvalue weighted by Gasteiger charge is 2.07. The van der Waals surface area contributed by atoms with E-state index in [0.717, 1.165) is 5.56 Å². The normalized spacial score (nSPS) is 10.2. The monoisotopic (exact) mass is 329 g/mol. The minimum Gasteiger partial charge on any atom is -0.352 e. The van der Waals surface area contributed by atoms with E-state index in [1.54, 1.807) is 18.2 Å². The maximum atomic E-state index is 12.9. The molecule has 6 heteroatoms. The van der Waals surface area contributed by atoms with Crippen molar-refractivity contribution in [3.63, 3.8) is 0 Å². The average molecular weight is 329 g/mol. The van der Waals surface area contributed by atoms with Crippen molar-refractivity contribution in [3.8, 4) is 0 Å². The van der Waals surface area contributed by atoms with Gasteiger partial charge in [-0.15, -0.1) is 0 Å². The fraction of sp³-hybridized carbons (Fsp3) is 0.222. The Bertz CT molecular complexity index is 702. The molecule has 0 saturated heterocycles. The quantitative estimate of drug-likeness (QED) is 0.729. The molecule has 2 amide bonds. The molecule has 0 bridgehead atoms. The second-order valence-electron chi connectivity index (χ2n) is 5.33. The molecule has 0 atom stereocenters. The summed E-state index contributed by atoms with van der Waals surface area (Å²) in [6.07, 6.45) is 1.05. The highest BCUT2D eigenvalue weighted by atomic mass is 19.1. The van der Waals surface area contributed by atoms with Crippen molar-refractivity contribution in [1.29, 1.82) is 0 Å². The van der Waals surface area contributed by atoms with Crippen molar-refractivity contribution < 1.29 is 14.0 Å². The van der Waals surface area contributed by atoms with Gasteiger partial charge in [0.2, 0.25) is 5.91 Å². The molecule has 126 valence electrons. The van der Waals surface area contributed by atoms with Crippen LogP contribution in [0.1, 0.15) is 28.8 Å². The highest BCUT2D eigenvalue weighted by Crippen LogP contribution is 2.13. The van der Waals surface area contributed by atoms with Crippen LogP contribution in [-0.2, 0) is 11.3 Å². The molecule has 0 fully saturated rings. The number of hydrogen-bond donors (Lipinski definition) is 3. The van der Waals surface area contributed by atoms with Gasteiger partial charge in [-0.2, -0.15) is 0 Å². The highest BCUT2D eigenvalue weighted by molar-refractivity contribution is 6.04. The number of amides is 2. The zero-order valence-electron chi connectivity index (χ0n) is 13.2. The first-order chi connectivity index (χ1) is 11.6. The second kappa shape index (κ2) is 8.79. The molecule has 0 spiro atoms. The van der Waals surface area contributed by atoms with Crippen molar-refractivity contribution in [1.82, 2.24) is 5.32 Å². The third kappa shape index (κ3) is 5.48. The first-order valence-corrected chi connectivity index (χ1v) is 7.71. The van der Waals surface area contributed by atoms with E-state index < -0.39 is 0 Å². The number of benzene rings is 2. The molecule has 2 aromatic carbocycles. The molecule has 0 aliphatic heterocycles. The maximum absolute atomic E-state index is 12.9. The molecule has 0 aromatic heterocycles. The Hall–Kier alpha value is -2.73. The molecule has 4 N–H and O–H groups in total. The van der Waals surface area contributed by atoms with Crippen LogP contribution in [0.25, 0.3) is 0 Å². The average Bonchev–Trinajstić information content (AvgIpc) is 2.59. The fourth-order valence-electron chi connectivity index (χ4n) is 2.12. The summed E-state index contributed by atoms with van der Waals surface area (Å²) < 4.78 is 12.9. The van der Waals surface area contributed by atoms with Gasteiger partial charge in [-0.25, -0.2) is 4.39 Å². The van der Waals surface area contributed by atoms with Crippen LogP contribution in [0.5, 0.6) is 0 Å². The third-order valence-electron chi connectivity index (χ3n) is 3.39. The van der Waals surface area contributed by atoms with E-state index in [2.05, 4.69) is 10.6 Å². The van der Waals surface area contributed by atoms with Crippen LogP contribution in [0, 0.1) is 5.82 Å². The topological polar surface area (TPSA) is 84.2 Å². The molecule has 2 aromatic rings. The zero-order chi connectivity index (χ0) is 17.4. The minimum atomic E-state index is -0.390. The smallest absolute Gasteiger partial charge is 0.255 e. The van der Waals surface area contributed by atoms with Gasteiger partial charge in [0.25, 0.3) is 5.91 Å². The van der Waals surface area contributed by atoms with Crippen LogP contribution in [-0.4, -0.2) is 18.4 Å². The Morgan fingerprint density at radius 3 is 2.54 bits per heavy atom. The number of halogens is 1. The summed E-state index contributed by atoms with van der Waals surface area (Å²) in [5.74, 6) is -0.765. The lowest BCUT2D eigenvalue weighted by molar-refractivity contribution is -0.121. The van der Waals surface area contributed by atoms with Gasteiger partial charge in [0.1, 0.15) is 5.82 Å². The first kappa shape index (κ1) is 17.6. The molecule has 24 heavy (non-hydrogen) atoms. The summed E-state index contributed by atoms with van der Waals surface area (Å²) >= 11 is 0. The lowest BCUT2D eigenvalue weighted by atomic mass is 10.1. The molecule has 0 saturated carbocycles. The largest absolute Gasteiger partial charge is 0.352 e. The number of rotatable bonds is 7. The molecule has 2 rings (SSSR count). The van der Waals surface area contributed by atoms with Crippen LogP contribution < -0.4 is 16.4 Å². The summed E-state index contributed by atoms with van der Waals surface area (Å²) in [6.45, 7) is 0.863. The second-order valence-corrected chi connectivity index (χ2v) is 5.33. The Labute approximate surface area is 140 Å². The maximum Gasteiger partial charge on any atom is 0.255 e. The third-order valence-corrected chi connectivity index (χ3v) is 3.39. The van der Waals surface area contributed by atoms with E-state index in [4.69, 9.17) is 5.73 Å². The van der Waals surface area contributed by atoms with E-state index in [9.17, 15) is 14.0 Å². The Kier molecular flexibility index (Phi) is 6.45. The predicted molar refractivity (Wildman–Crippen MR) is 90.9 cm³/mol. The van der Waals surface area contributed by atoms with Crippen LogP contribution >= 0.6 is 0 Å². The zero-order valence-corrected chi connectivity index (χ0v) is 13.2. The molecule has 0 aliphatic rings. The number of nitrogens with one attached hydrogen (secondary N) is 2. The van der Waals surface area contributed by atoms with Crippen molar-refractivity contribution in [2.24, 2.45) is 5.73 Å². The van der Waals surface area contributed by atoms with E-state index in [1.165, 1.54) is 24.3 Å². The van der Waals surface area contributed by atoms with Crippen LogP contribution in [0.4, 0.5) is 10.1 Å². The number of nitrogens with two attached hydrogens (primary N) is 1. The predicted octanol–water partition coefficient (Wildman–Crippen LogP) is 2.43. The van der Waals surface area contributed by atoms with Gasteiger partial charge in [-0.1, -0.05) is 12.1 Å². The van der Waals surface area contributed by atoms with Crippen LogP contribution in [0.2, 0.25) is 0 Å². The van der Waals surface area contributed by atoms with Crippen molar-refractivity contribution >= 4 is 17.5 Å². The van der Waals surface area contributed by atoms with Gasteiger partial charge in [0.05, 0.1) is 0 Å². The molecule has 0 heterocycles. The lowest BCUT2D eigenvalue weighted by Gasteiger charge is -2.09. The summed E-state index contributed by atoms with van der Waals surface area (Å²) in [4.78, 5) is 23.7. The van der Waals surface area contributed by atoms with E-state index >= 15 is 0 Å². The standard InChI is InChI=1S/C18H20FN3O2/c19-15-8-6-14(7-9-15)18(24)22-16-4-1-3-13(11-16)12-21-17(23)5-2-10-20/h1,3-4,6-9,11H,2,5,10,12,20H2,(H,21,23)(H,22,24). The van der Waals surface area contributed by atoms with E-state index in [1.807, 2.05) is 6.07 Å². The minimum absolute atomic E-state index is 0.0544. The van der Waals surface area contributed by atoms with Gasteiger partial charge in [0, 0.05) is 24.2 Å². The van der Waals surface area contributed by atoms with Crippen molar-refractivity contribution in [2.75, 3.05) is 11.9 Å². The summed E-state index contributed by atoms with van der Waals surface area (Å²) in [6, 6.07) is 12.5. The molecular formula is C18H20FN3O2. The number of carbonyl (C=O) groups excluding carboxylic acids is 2. The number of carbonyl (C=O) groups is 2. The molecular weight excluding hydrogens is 309 g/mol. The molecule has 0 aliphatic carbocycles. The Balaban J connectivity index is 1.93. The van der Waals surface area contributed by atoms with E-state index in [-0.39, 0.29) is 17.6 Å². The lowest BCUT2D eigenvalue weighted by Crippen LogP contribution is -2.23. The number of anilines is 1. The van der Waals surface area contributed by atoms with Crippen molar-refractivity contribution in [3.05, 3.63) is 65.5 Å². The summed E-state index contributed by atoms with van der Waals surface area (Å²) in [5, 5.41) is 5.55. The number of hydrogen-bond acceptors (Lipinski definition) is 3. The van der Waals surface area contributed by atoms with Crippen LogP contribution in [0.3, 0.4) is 0 Å². The summed E-state index contributed by atoms with van der Waals surface area (Å²) in [7, 11) is 0. The molecule has 5 nitrogen and oxygen atoms in total. The van der Waals surface area contributed by atoms with Crippen molar-refractivity contribution in [2.45, 2.75) is 19.4 Å². The molecule has 0 unspecified atom stereocenters. The van der Waals surface area contributed by atoms with Gasteiger partial charge in [-0.05, 0) is 54.9 Å². The SMILES string of the molecule is NCCCC(=O)NCc1cccc(NC(=O)c2ccc(F)cc2)c1.